The van der Waals surface area contributed by atoms with Gasteiger partial charge < -0.3 is 31.9 Å². The lowest BCUT2D eigenvalue weighted by atomic mass is 9.80. The van der Waals surface area contributed by atoms with Crippen LogP contribution >= 0.6 is 0 Å². The van der Waals surface area contributed by atoms with E-state index in [1.807, 2.05) is 6.92 Å². The minimum atomic E-state index is -2.66. The van der Waals surface area contributed by atoms with Crippen LogP contribution < -0.4 is 5.32 Å². The molecule has 0 radical (unpaired) electrons. The summed E-state index contributed by atoms with van der Waals surface area (Å²) in [5, 5.41) is 2.88. The van der Waals surface area contributed by atoms with Gasteiger partial charge in [0.15, 0.2) is 0 Å². The van der Waals surface area contributed by atoms with Crippen LogP contribution in [0.3, 0.4) is 0 Å². The summed E-state index contributed by atoms with van der Waals surface area (Å²) in [5.74, 6) is -0.305. The van der Waals surface area contributed by atoms with Crippen LogP contribution in [-0.2, 0) is 36.1 Å². The Morgan fingerprint density at radius 3 is 1.60 bits per heavy atom. The summed E-state index contributed by atoms with van der Waals surface area (Å²) >= 11 is 0. The molecule has 0 bridgehead atoms. The van der Waals surface area contributed by atoms with Gasteiger partial charge in [0.2, 0.25) is 5.91 Å². The van der Waals surface area contributed by atoms with Gasteiger partial charge in [-0.25, -0.2) is 0 Å². The maximum absolute atomic E-state index is 12.8. The van der Waals surface area contributed by atoms with E-state index in [0.29, 0.717) is 44.3 Å². The molecule has 0 saturated carbocycles. The van der Waals surface area contributed by atoms with E-state index in [-0.39, 0.29) is 11.7 Å². The molecule has 1 amide bonds. The van der Waals surface area contributed by atoms with Gasteiger partial charge in [-0.3, -0.25) is 9.59 Å². The van der Waals surface area contributed by atoms with Gasteiger partial charge in [0.25, 0.3) is 0 Å². The van der Waals surface area contributed by atoms with Crippen LogP contribution in [0.25, 0.3) is 0 Å². The van der Waals surface area contributed by atoms with Crippen LogP contribution in [-0.4, -0.2) is 78.5 Å². The van der Waals surface area contributed by atoms with Gasteiger partial charge in [-0.15, -0.1) is 0 Å². The summed E-state index contributed by atoms with van der Waals surface area (Å²) in [6.07, 6.45) is 2.78. The van der Waals surface area contributed by atoms with Gasteiger partial charge in [-0.1, -0.05) is 6.92 Å². The smallest absolute Gasteiger partial charge is 0.377 e. The third-order valence-electron chi connectivity index (χ3n) is 5.77. The first-order valence-electron chi connectivity index (χ1n) is 10.3. The van der Waals surface area contributed by atoms with Crippen molar-refractivity contribution in [1.82, 2.24) is 5.32 Å². The minimum absolute atomic E-state index is 0.0589. The summed E-state index contributed by atoms with van der Waals surface area (Å²) in [6, 6.07) is 1.21. The molecule has 178 valence electrons. The van der Waals surface area contributed by atoms with Crippen LogP contribution in [0, 0.1) is 5.41 Å². The average Bonchev–Trinajstić information content (AvgIpc) is 2.79. The molecule has 0 aliphatic heterocycles. The van der Waals surface area contributed by atoms with Crippen LogP contribution in [0.1, 0.15) is 46.0 Å². The van der Waals surface area contributed by atoms with Gasteiger partial charge >= 0.3 is 17.6 Å². The lowest BCUT2D eigenvalue weighted by molar-refractivity contribution is -0.141. The lowest BCUT2D eigenvalue weighted by Crippen LogP contribution is -2.46. The molecule has 0 fully saturated rings. The molecule has 0 aromatic rings. The summed E-state index contributed by atoms with van der Waals surface area (Å²) in [6.45, 7) is 3.99. The quantitative estimate of drug-likeness (QED) is 0.186. The number of ketones is 1. The van der Waals surface area contributed by atoms with E-state index in [1.165, 1.54) is 0 Å². The number of hydrogen-bond donors (Lipinski definition) is 1. The van der Waals surface area contributed by atoms with E-state index in [9.17, 15) is 9.59 Å². The van der Waals surface area contributed by atoms with Gasteiger partial charge in [0, 0.05) is 67.7 Å². The predicted molar refractivity (Wildman–Crippen MR) is 118 cm³/mol. The number of carbonyl (C=O) groups is 2. The second kappa shape index (κ2) is 14.4. The van der Waals surface area contributed by atoms with Gasteiger partial charge in [0.1, 0.15) is 11.2 Å². The molecule has 1 unspecified atom stereocenters. The number of unbranched alkanes of at least 4 members (excludes halogenated alkanes) is 1. The molecule has 0 heterocycles. The topological polar surface area (TPSA) is 102 Å². The molecule has 0 aromatic heterocycles. The highest BCUT2D eigenvalue weighted by atomic mass is 28.4. The molecular formula is C19H41NO8Si2. The van der Waals surface area contributed by atoms with Crippen molar-refractivity contribution < 1.29 is 36.1 Å². The van der Waals surface area contributed by atoms with Crippen molar-refractivity contribution in [1.29, 1.82) is 0 Å². The molecule has 1 atom stereocenters. The molecule has 0 spiro atoms. The molecule has 0 aliphatic carbocycles. The van der Waals surface area contributed by atoms with Crippen molar-refractivity contribution in [2.75, 3.05) is 49.2 Å². The van der Waals surface area contributed by atoms with E-state index in [2.05, 4.69) is 5.32 Å². The molecule has 0 aliphatic rings. The SMILES string of the molecule is CCC(C)(C(=O)CCCC[Si](OC)(OC)OC)C(=O)NCCC[Si](OC)(OC)OC. The number of amides is 1. The maximum Gasteiger partial charge on any atom is 0.500 e. The van der Waals surface area contributed by atoms with E-state index in [0.717, 1.165) is 6.42 Å². The molecule has 0 saturated heterocycles. The largest absolute Gasteiger partial charge is 0.500 e. The predicted octanol–water partition coefficient (Wildman–Crippen LogP) is 2.40. The lowest BCUT2D eigenvalue weighted by Gasteiger charge is -2.27. The summed E-state index contributed by atoms with van der Waals surface area (Å²) < 4.78 is 32.3. The zero-order chi connectivity index (χ0) is 23.3. The Labute approximate surface area is 183 Å². The molecule has 11 heteroatoms. The summed E-state index contributed by atoms with van der Waals surface area (Å²) in [4.78, 5) is 25.5. The fourth-order valence-electron chi connectivity index (χ4n) is 3.20. The fraction of sp³-hybridized carbons (Fsp3) is 0.895. The normalized spacial score (nSPS) is 14.4. The molecule has 0 aromatic carbocycles. The Bertz CT molecular complexity index is 456. The zero-order valence-electron chi connectivity index (χ0n) is 19.9. The van der Waals surface area contributed by atoms with E-state index < -0.39 is 23.0 Å². The Kier molecular flexibility index (Phi) is 14.1. The highest BCUT2D eigenvalue weighted by Crippen LogP contribution is 2.27. The van der Waals surface area contributed by atoms with E-state index >= 15 is 0 Å². The highest BCUT2D eigenvalue weighted by Gasteiger charge is 2.40. The summed E-state index contributed by atoms with van der Waals surface area (Å²) in [7, 11) is 4.10. The Morgan fingerprint density at radius 2 is 1.20 bits per heavy atom. The molecule has 1 N–H and O–H groups in total. The number of Topliss-reactive ketones (excluding diaryl/α,β-unsaturated/α-hetero) is 1. The molecule has 9 nitrogen and oxygen atoms in total. The van der Waals surface area contributed by atoms with Crippen LogP contribution in [0.15, 0.2) is 0 Å². The first-order valence-corrected chi connectivity index (χ1v) is 14.2. The Morgan fingerprint density at radius 1 is 0.767 bits per heavy atom. The number of rotatable bonds is 18. The summed E-state index contributed by atoms with van der Waals surface area (Å²) in [5.41, 5.74) is -1.05. The monoisotopic (exact) mass is 467 g/mol. The zero-order valence-corrected chi connectivity index (χ0v) is 21.9. The number of nitrogens with one attached hydrogen (secondary N) is 1. The van der Waals surface area contributed by atoms with Gasteiger partial charge in [-0.05, 0) is 32.6 Å². The van der Waals surface area contributed by atoms with Crippen molar-refractivity contribution in [3.8, 4) is 0 Å². The van der Waals surface area contributed by atoms with E-state index in [4.69, 9.17) is 26.6 Å². The fourth-order valence-corrected chi connectivity index (χ4v) is 6.72. The van der Waals surface area contributed by atoms with Crippen LogP contribution in [0.5, 0.6) is 0 Å². The highest BCUT2D eigenvalue weighted by molar-refractivity contribution is 6.60. The second-order valence-corrected chi connectivity index (χ2v) is 13.4. The third kappa shape index (κ3) is 8.11. The average molecular weight is 468 g/mol. The van der Waals surface area contributed by atoms with Gasteiger partial charge in [0.05, 0.1) is 0 Å². The van der Waals surface area contributed by atoms with Crippen molar-refractivity contribution in [2.24, 2.45) is 5.41 Å². The Balaban J connectivity index is 4.60. The van der Waals surface area contributed by atoms with Crippen molar-refractivity contribution in [2.45, 2.75) is 58.0 Å². The third-order valence-corrected chi connectivity index (χ3v) is 11.4. The first kappa shape index (κ1) is 29.3. The van der Waals surface area contributed by atoms with Gasteiger partial charge in [-0.2, -0.15) is 0 Å². The van der Waals surface area contributed by atoms with Crippen molar-refractivity contribution >= 4 is 29.3 Å². The van der Waals surface area contributed by atoms with Crippen LogP contribution in [0.4, 0.5) is 0 Å². The first-order chi connectivity index (χ1) is 14.2. The minimum Gasteiger partial charge on any atom is -0.377 e. The standard InChI is InChI=1S/C19H41NO8Si2/c1-9-19(2,17(21)13-10-11-15-29(23-3,24-4)25-5)18(22)20-14-12-16-30(26-6,27-7)28-8/h9-16H2,1-8H3,(H,20,22). The second-order valence-electron chi connectivity index (χ2n) is 7.27. The number of hydrogen-bond acceptors (Lipinski definition) is 8. The maximum atomic E-state index is 12.8. The Hall–Kier alpha value is -0.666. The van der Waals surface area contributed by atoms with Crippen LogP contribution in [0.2, 0.25) is 12.1 Å². The molecular weight excluding hydrogens is 426 g/mol. The van der Waals surface area contributed by atoms with Crippen molar-refractivity contribution in [3.05, 3.63) is 0 Å². The van der Waals surface area contributed by atoms with Crippen molar-refractivity contribution in [3.63, 3.8) is 0 Å². The number of carbonyl (C=O) groups excluding carboxylic acids is 2. The molecule has 30 heavy (non-hydrogen) atoms. The van der Waals surface area contributed by atoms with E-state index in [1.54, 1.807) is 49.6 Å². The molecule has 0 rings (SSSR count).